The third-order valence-corrected chi connectivity index (χ3v) is 3.33. The van der Waals surface area contributed by atoms with Gasteiger partial charge in [0.25, 0.3) is 5.91 Å². The van der Waals surface area contributed by atoms with E-state index in [1.54, 1.807) is 7.05 Å². The average Bonchev–Trinajstić information content (AvgIpc) is 2.50. The number of aryl methyl sites for hydroxylation is 1. The van der Waals surface area contributed by atoms with Gasteiger partial charge in [0.15, 0.2) is 11.6 Å². The van der Waals surface area contributed by atoms with Gasteiger partial charge >= 0.3 is 0 Å². The van der Waals surface area contributed by atoms with Gasteiger partial charge in [0.2, 0.25) is 0 Å². The van der Waals surface area contributed by atoms with Crippen molar-refractivity contribution in [2.24, 2.45) is 0 Å². The van der Waals surface area contributed by atoms with Crippen LogP contribution >= 0.6 is 0 Å². The first-order valence-corrected chi connectivity index (χ1v) is 6.83. The summed E-state index contributed by atoms with van der Waals surface area (Å²) < 4.78 is 26.7. The van der Waals surface area contributed by atoms with Gasteiger partial charge in [-0.3, -0.25) is 4.79 Å². The van der Waals surface area contributed by atoms with Gasteiger partial charge in [-0.05, 0) is 30.5 Å². The summed E-state index contributed by atoms with van der Waals surface area (Å²) >= 11 is 0. The number of amides is 1. The van der Waals surface area contributed by atoms with Crippen LogP contribution in [0.25, 0.3) is 0 Å². The molecule has 4 heteroatoms. The Kier molecular flexibility index (Phi) is 5.04. The summed E-state index contributed by atoms with van der Waals surface area (Å²) in [5.74, 6) is -2.59. The summed E-state index contributed by atoms with van der Waals surface area (Å²) in [5, 5.41) is 0. The molecule has 0 aliphatic rings. The van der Waals surface area contributed by atoms with Crippen molar-refractivity contribution in [3.8, 4) is 0 Å². The second-order valence-electron chi connectivity index (χ2n) is 4.92. The number of hydrogen-bond acceptors (Lipinski definition) is 1. The smallest absolute Gasteiger partial charge is 0.256 e. The zero-order chi connectivity index (χ0) is 15.2. The van der Waals surface area contributed by atoms with E-state index in [1.165, 1.54) is 22.6 Å². The second-order valence-corrected chi connectivity index (χ2v) is 4.92. The number of rotatable bonds is 5. The van der Waals surface area contributed by atoms with E-state index in [0.717, 1.165) is 18.9 Å². The van der Waals surface area contributed by atoms with Crippen molar-refractivity contribution >= 4 is 5.91 Å². The molecule has 2 aromatic rings. The molecule has 0 bridgehead atoms. The molecule has 0 unspecified atom stereocenters. The zero-order valence-electron chi connectivity index (χ0n) is 11.9. The number of halogens is 2. The SMILES string of the molecule is CN(CCCc1ccccc1)C(=O)c1cccc(F)c1F. The fraction of sp³-hybridized carbons (Fsp3) is 0.235. The lowest BCUT2D eigenvalue weighted by Gasteiger charge is -2.17. The van der Waals surface area contributed by atoms with Crippen molar-refractivity contribution in [3.05, 3.63) is 71.3 Å². The summed E-state index contributed by atoms with van der Waals surface area (Å²) in [4.78, 5) is 13.5. The van der Waals surface area contributed by atoms with Gasteiger partial charge in [-0.25, -0.2) is 8.78 Å². The van der Waals surface area contributed by atoms with E-state index in [2.05, 4.69) is 0 Å². The van der Waals surface area contributed by atoms with Gasteiger partial charge in [0, 0.05) is 13.6 Å². The molecule has 1 amide bonds. The molecular weight excluding hydrogens is 272 g/mol. The topological polar surface area (TPSA) is 20.3 Å². The van der Waals surface area contributed by atoms with E-state index >= 15 is 0 Å². The number of benzene rings is 2. The van der Waals surface area contributed by atoms with Crippen molar-refractivity contribution in [1.29, 1.82) is 0 Å². The minimum Gasteiger partial charge on any atom is -0.342 e. The molecule has 0 fully saturated rings. The highest BCUT2D eigenvalue weighted by Crippen LogP contribution is 2.13. The maximum atomic E-state index is 13.6. The number of carbonyl (C=O) groups excluding carboxylic acids is 1. The average molecular weight is 289 g/mol. The molecule has 0 aliphatic carbocycles. The van der Waals surface area contributed by atoms with Crippen LogP contribution in [0.4, 0.5) is 8.78 Å². The summed E-state index contributed by atoms with van der Waals surface area (Å²) in [5.41, 5.74) is 0.965. The molecular formula is C17H17F2NO. The van der Waals surface area contributed by atoms with Crippen LogP contribution in [0, 0.1) is 11.6 Å². The van der Waals surface area contributed by atoms with Gasteiger partial charge in [-0.1, -0.05) is 36.4 Å². The predicted molar refractivity (Wildman–Crippen MR) is 78.1 cm³/mol. The Morgan fingerprint density at radius 1 is 1.05 bits per heavy atom. The van der Waals surface area contributed by atoms with Crippen molar-refractivity contribution in [1.82, 2.24) is 4.90 Å². The van der Waals surface area contributed by atoms with E-state index < -0.39 is 17.5 Å². The predicted octanol–water partition coefficient (Wildman–Crippen LogP) is 3.67. The Morgan fingerprint density at radius 2 is 1.76 bits per heavy atom. The Hall–Kier alpha value is -2.23. The van der Waals surface area contributed by atoms with Crippen LogP contribution in [0.5, 0.6) is 0 Å². The van der Waals surface area contributed by atoms with Crippen molar-refractivity contribution in [3.63, 3.8) is 0 Å². The molecule has 0 saturated heterocycles. The van der Waals surface area contributed by atoms with Crippen LogP contribution < -0.4 is 0 Å². The highest BCUT2D eigenvalue weighted by Gasteiger charge is 2.18. The first-order valence-electron chi connectivity index (χ1n) is 6.83. The molecule has 21 heavy (non-hydrogen) atoms. The van der Waals surface area contributed by atoms with Gasteiger partial charge < -0.3 is 4.90 Å². The van der Waals surface area contributed by atoms with Crippen LogP contribution in [0.1, 0.15) is 22.3 Å². The summed E-state index contributed by atoms with van der Waals surface area (Å²) in [6.07, 6.45) is 1.60. The zero-order valence-corrected chi connectivity index (χ0v) is 11.9. The third-order valence-electron chi connectivity index (χ3n) is 3.33. The highest BCUT2D eigenvalue weighted by atomic mass is 19.2. The fourth-order valence-corrected chi connectivity index (χ4v) is 2.14. The molecule has 0 radical (unpaired) electrons. The fourth-order valence-electron chi connectivity index (χ4n) is 2.14. The Morgan fingerprint density at radius 3 is 2.48 bits per heavy atom. The van der Waals surface area contributed by atoms with Crippen LogP contribution in [0.3, 0.4) is 0 Å². The van der Waals surface area contributed by atoms with Crippen molar-refractivity contribution < 1.29 is 13.6 Å². The monoisotopic (exact) mass is 289 g/mol. The van der Waals surface area contributed by atoms with Crippen LogP contribution in [-0.4, -0.2) is 24.4 Å². The highest BCUT2D eigenvalue weighted by molar-refractivity contribution is 5.94. The standard InChI is InChI=1S/C17H17F2NO/c1-20(12-6-9-13-7-3-2-4-8-13)17(21)14-10-5-11-15(18)16(14)19/h2-5,7-8,10-11H,6,9,12H2,1H3. The maximum Gasteiger partial charge on any atom is 0.256 e. The molecule has 0 spiro atoms. The molecule has 0 aliphatic heterocycles. The number of nitrogens with zero attached hydrogens (tertiary/aromatic N) is 1. The Balaban J connectivity index is 1.92. The molecule has 0 atom stereocenters. The molecule has 2 aromatic carbocycles. The quantitative estimate of drug-likeness (QED) is 0.822. The summed E-state index contributed by atoms with van der Waals surface area (Å²) in [6.45, 7) is 0.490. The molecule has 0 saturated carbocycles. The van der Waals surface area contributed by atoms with Crippen LogP contribution in [-0.2, 0) is 6.42 Å². The van der Waals surface area contributed by atoms with E-state index in [9.17, 15) is 13.6 Å². The number of hydrogen-bond donors (Lipinski definition) is 0. The summed E-state index contributed by atoms with van der Waals surface area (Å²) in [7, 11) is 1.59. The molecule has 2 nitrogen and oxygen atoms in total. The lowest BCUT2D eigenvalue weighted by molar-refractivity contribution is 0.0788. The van der Waals surface area contributed by atoms with E-state index in [4.69, 9.17) is 0 Å². The third kappa shape index (κ3) is 3.88. The van der Waals surface area contributed by atoms with Gasteiger partial charge in [-0.2, -0.15) is 0 Å². The normalized spacial score (nSPS) is 10.4. The molecule has 2 rings (SSSR count). The van der Waals surface area contributed by atoms with E-state index in [-0.39, 0.29) is 5.56 Å². The Labute approximate surface area is 123 Å². The first kappa shape index (κ1) is 15.2. The molecule has 0 N–H and O–H groups in total. The van der Waals surface area contributed by atoms with Crippen LogP contribution in [0.15, 0.2) is 48.5 Å². The van der Waals surface area contributed by atoms with Gasteiger partial charge in [-0.15, -0.1) is 0 Å². The minimum atomic E-state index is -1.09. The maximum absolute atomic E-state index is 13.6. The lowest BCUT2D eigenvalue weighted by Crippen LogP contribution is -2.29. The molecule has 110 valence electrons. The molecule has 0 heterocycles. The lowest BCUT2D eigenvalue weighted by atomic mass is 10.1. The van der Waals surface area contributed by atoms with Crippen molar-refractivity contribution in [2.75, 3.05) is 13.6 Å². The van der Waals surface area contributed by atoms with Gasteiger partial charge in [0.1, 0.15) is 0 Å². The van der Waals surface area contributed by atoms with E-state index in [1.807, 2.05) is 30.3 Å². The largest absolute Gasteiger partial charge is 0.342 e. The minimum absolute atomic E-state index is 0.225. The Bertz CT molecular complexity index is 613. The van der Waals surface area contributed by atoms with Gasteiger partial charge in [0.05, 0.1) is 5.56 Å². The van der Waals surface area contributed by atoms with Crippen molar-refractivity contribution in [2.45, 2.75) is 12.8 Å². The van der Waals surface area contributed by atoms with Crippen LogP contribution in [0.2, 0.25) is 0 Å². The first-order chi connectivity index (χ1) is 10.1. The second kappa shape index (κ2) is 6.97. The van der Waals surface area contributed by atoms with E-state index in [0.29, 0.717) is 6.54 Å². The number of carbonyl (C=O) groups is 1. The molecule has 0 aromatic heterocycles. The summed E-state index contributed by atoms with van der Waals surface area (Å²) in [6, 6.07) is 13.6.